The number of hydrogen-bond donors (Lipinski definition) is 3. The van der Waals surface area contributed by atoms with Gasteiger partial charge in [-0.3, -0.25) is 19.8 Å². The summed E-state index contributed by atoms with van der Waals surface area (Å²) in [6, 6.07) is 12.1. The van der Waals surface area contributed by atoms with Crippen LogP contribution in [-0.4, -0.2) is 28.7 Å². The number of hydrogen-bond acceptors (Lipinski definition) is 5. The maximum atomic E-state index is 8.74. The highest BCUT2D eigenvalue weighted by molar-refractivity contribution is 7.79. The second kappa shape index (κ2) is 8.90. The van der Waals surface area contributed by atoms with Crippen molar-refractivity contribution in [2.75, 3.05) is 0 Å². The van der Waals surface area contributed by atoms with Crippen LogP contribution in [-0.2, 0) is 15.1 Å². The number of nitrogens with zero attached hydrogens (tertiary/aromatic N) is 1. The summed E-state index contributed by atoms with van der Waals surface area (Å²) in [5.41, 5.74) is 6.33. The third kappa shape index (κ3) is 8.82. The summed E-state index contributed by atoms with van der Waals surface area (Å²) < 4.78 is 36.4. The summed E-state index contributed by atoms with van der Waals surface area (Å²) in [5, 5.41) is 1.20. The second-order valence-corrected chi connectivity index (χ2v) is 4.85. The van der Waals surface area contributed by atoms with E-state index in [-0.39, 0.29) is 6.23 Å². The first-order valence-corrected chi connectivity index (χ1v) is 7.50. The van der Waals surface area contributed by atoms with E-state index in [0.29, 0.717) is 0 Å². The minimum atomic E-state index is -4.67. The summed E-state index contributed by atoms with van der Waals surface area (Å²) in [6.45, 7) is 0. The number of nitrogens with two attached hydrogens (primary N) is 1. The largest absolute Gasteiger partial charge is 0.480 e. The number of aromatic nitrogens is 1. The lowest BCUT2D eigenvalue weighted by atomic mass is 10.2. The maximum Gasteiger partial charge on any atom is 0.394 e. The van der Waals surface area contributed by atoms with Crippen LogP contribution in [0.25, 0.3) is 10.9 Å². The molecule has 2 heterocycles. The molecule has 0 spiro atoms. The summed E-state index contributed by atoms with van der Waals surface area (Å²) in [4.78, 5) is 4.18. The van der Waals surface area contributed by atoms with E-state index in [2.05, 4.69) is 17.1 Å². The van der Waals surface area contributed by atoms with Crippen LogP contribution in [0.5, 0.6) is 0 Å². The van der Waals surface area contributed by atoms with Crippen molar-refractivity contribution in [3.8, 4) is 0 Å². The predicted octanol–water partition coefficient (Wildman–Crippen LogP) is 1.95. The predicted molar refractivity (Wildman–Crippen MR) is 83.3 cm³/mol. The number of ether oxygens (including phenoxy) is 1. The van der Waals surface area contributed by atoms with Gasteiger partial charge in [-0.25, -0.2) is 0 Å². The third-order valence-corrected chi connectivity index (χ3v) is 2.24. The van der Waals surface area contributed by atoms with Crippen LogP contribution >= 0.6 is 0 Å². The lowest BCUT2D eigenvalue weighted by Crippen LogP contribution is -2.19. The van der Waals surface area contributed by atoms with E-state index in [1.165, 1.54) is 5.39 Å². The Kier molecular flexibility index (Phi) is 7.20. The number of benzene rings is 1. The highest BCUT2D eigenvalue weighted by Gasteiger charge is 1.92. The Morgan fingerprint density at radius 3 is 2.23 bits per heavy atom. The minimum absolute atomic E-state index is 0.231. The van der Waals surface area contributed by atoms with Gasteiger partial charge >= 0.3 is 10.4 Å². The zero-order valence-electron chi connectivity index (χ0n) is 11.5. The van der Waals surface area contributed by atoms with Crippen molar-refractivity contribution >= 4 is 21.3 Å². The van der Waals surface area contributed by atoms with E-state index in [1.54, 1.807) is 18.4 Å². The molecular weight excluding hydrogens is 308 g/mol. The summed E-state index contributed by atoms with van der Waals surface area (Å²) >= 11 is 0. The van der Waals surface area contributed by atoms with Gasteiger partial charge in [-0.1, -0.05) is 30.3 Å². The Hall–Kier alpha value is -2.26. The van der Waals surface area contributed by atoms with E-state index in [4.69, 9.17) is 28.0 Å². The number of allylic oxidation sites excluding steroid dienone is 2. The topological polar surface area (TPSA) is 123 Å². The van der Waals surface area contributed by atoms with Gasteiger partial charge in [0, 0.05) is 11.6 Å². The molecule has 1 unspecified atom stereocenters. The average molecular weight is 324 g/mol. The molecule has 3 rings (SSSR count). The Labute approximate surface area is 128 Å². The van der Waals surface area contributed by atoms with Gasteiger partial charge in [-0.2, -0.15) is 8.42 Å². The van der Waals surface area contributed by atoms with Crippen LogP contribution in [0.3, 0.4) is 0 Å². The molecule has 118 valence electrons. The van der Waals surface area contributed by atoms with Crippen LogP contribution in [0.15, 0.2) is 67.1 Å². The van der Waals surface area contributed by atoms with Crippen molar-refractivity contribution in [2.45, 2.75) is 6.23 Å². The number of para-hydroxylation sites is 1. The molecule has 7 nitrogen and oxygen atoms in total. The zero-order chi connectivity index (χ0) is 16.4. The monoisotopic (exact) mass is 324 g/mol. The van der Waals surface area contributed by atoms with E-state index in [9.17, 15) is 0 Å². The molecule has 0 bridgehead atoms. The molecule has 4 N–H and O–H groups in total. The maximum absolute atomic E-state index is 8.74. The molecule has 1 aliphatic rings. The first kappa shape index (κ1) is 17.8. The molecule has 0 aliphatic carbocycles. The van der Waals surface area contributed by atoms with Gasteiger partial charge in [-0.05, 0) is 24.3 Å². The molecule has 0 amide bonds. The second-order valence-electron chi connectivity index (χ2n) is 3.96. The molecule has 1 atom stereocenters. The Balaban J connectivity index is 0.000000178. The first-order chi connectivity index (χ1) is 10.4. The fraction of sp³-hybridized carbons (Fsp3) is 0.0714. The van der Waals surface area contributed by atoms with Gasteiger partial charge < -0.3 is 4.74 Å². The Bertz CT molecular complexity index is 670. The average Bonchev–Trinajstić information content (AvgIpc) is 2.47. The normalized spacial score (nSPS) is 15.9. The van der Waals surface area contributed by atoms with E-state index >= 15 is 0 Å². The molecule has 22 heavy (non-hydrogen) atoms. The summed E-state index contributed by atoms with van der Waals surface area (Å²) in [5.74, 6) is 0. The van der Waals surface area contributed by atoms with Crippen LogP contribution in [0.2, 0.25) is 0 Å². The highest BCUT2D eigenvalue weighted by Crippen LogP contribution is 2.07. The Morgan fingerprint density at radius 2 is 1.73 bits per heavy atom. The fourth-order valence-electron chi connectivity index (χ4n) is 1.42. The molecule has 1 aromatic heterocycles. The molecule has 8 heteroatoms. The van der Waals surface area contributed by atoms with Crippen molar-refractivity contribution < 1.29 is 22.3 Å². The van der Waals surface area contributed by atoms with E-state index in [0.717, 1.165) is 5.52 Å². The molecule has 2 aromatic rings. The summed E-state index contributed by atoms with van der Waals surface area (Å²) in [7, 11) is -4.67. The number of pyridine rings is 1. The van der Waals surface area contributed by atoms with Crippen molar-refractivity contribution in [1.29, 1.82) is 0 Å². The van der Waals surface area contributed by atoms with Crippen molar-refractivity contribution in [2.24, 2.45) is 5.73 Å². The highest BCUT2D eigenvalue weighted by atomic mass is 32.3. The van der Waals surface area contributed by atoms with Gasteiger partial charge in [0.15, 0.2) is 6.23 Å². The van der Waals surface area contributed by atoms with E-state index in [1.807, 2.05) is 36.5 Å². The first-order valence-electron chi connectivity index (χ1n) is 6.10. The Morgan fingerprint density at radius 1 is 1.09 bits per heavy atom. The third-order valence-electron chi connectivity index (χ3n) is 2.24. The van der Waals surface area contributed by atoms with Gasteiger partial charge in [0.05, 0.1) is 11.8 Å². The van der Waals surface area contributed by atoms with Crippen LogP contribution in [0.1, 0.15) is 0 Å². The number of rotatable bonds is 0. The van der Waals surface area contributed by atoms with Gasteiger partial charge in [0.1, 0.15) is 0 Å². The molecular formula is C14H16N2O5S. The van der Waals surface area contributed by atoms with Gasteiger partial charge in [-0.15, -0.1) is 0 Å². The van der Waals surface area contributed by atoms with Crippen LogP contribution in [0, 0.1) is 0 Å². The standard InChI is InChI=1S/C9H7N.C5H7NO.H2O4S/c1-2-6-9-8(4-1)5-3-7-10-9;6-5-3-1-2-4-7-5;1-5(2,3)4/h1-7H;1-5H,6H2;(H2,1,2,3,4). The van der Waals surface area contributed by atoms with Crippen LogP contribution < -0.4 is 5.73 Å². The van der Waals surface area contributed by atoms with Crippen LogP contribution in [0.4, 0.5) is 0 Å². The minimum Gasteiger partial charge on any atom is -0.480 e. The quantitative estimate of drug-likeness (QED) is 0.633. The van der Waals surface area contributed by atoms with Gasteiger partial charge in [0.25, 0.3) is 0 Å². The lowest BCUT2D eigenvalue weighted by molar-refractivity contribution is 0.190. The SMILES string of the molecule is NC1C=CC=CO1.O=S(=O)(O)O.c1ccc2ncccc2c1. The lowest BCUT2D eigenvalue weighted by Gasteiger charge is -2.06. The zero-order valence-corrected chi connectivity index (χ0v) is 12.3. The number of fused-ring (bicyclic) bond motifs is 1. The van der Waals surface area contributed by atoms with Crippen molar-refractivity contribution in [3.05, 3.63) is 67.1 Å². The molecule has 0 saturated carbocycles. The molecule has 0 saturated heterocycles. The van der Waals surface area contributed by atoms with Crippen molar-refractivity contribution in [1.82, 2.24) is 4.98 Å². The molecule has 0 radical (unpaired) electrons. The molecule has 1 aliphatic heterocycles. The smallest absolute Gasteiger partial charge is 0.394 e. The van der Waals surface area contributed by atoms with Gasteiger partial charge in [0.2, 0.25) is 0 Å². The van der Waals surface area contributed by atoms with Crippen molar-refractivity contribution in [3.63, 3.8) is 0 Å². The summed E-state index contributed by atoms with van der Waals surface area (Å²) in [6.07, 6.45) is 8.58. The van der Waals surface area contributed by atoms with E-state index < -0.39 is 10.4 Å². The fourth-order valence-corrected chi connectivity index (χ4v) is 1.42. The molecule has 1 aromatic carbocycles. The molecule has 0 fully saturated rings.